The third-order valence-electron chi connectivity index (χ3n) is 5.44. The van der Waals surface area contributed by atoms with Gasteiger partial charge < -0.3 is 10.3 Å². The van der Waals surface area contributed by atoms with Crippen LogP contribution in [0.4, 0.5) is 5.69 Å². The lowest BCUT2D eigenvalue weighted by Gasteiger charge is -2.20. The molecule has 0 bridgehead atoms. The van der Waals surface area contributed by atoms with Crippen LogP contribution in [-0.2, 0) is 6.54 Å². The van der Waals surface area contributed by atoms with E-state index in [0.29, 0.717) is 17.4 Å². The minimum atomic E-state index is -0.343. The van der Waals surface area contributed by atoms with E-state index in [1.54, 1.807) is 11.0 Å². The Kier molecular flexibility index (Phi) is 4.93. The molecule has 0 saturated heterocycles. The van der Waals surface area contributed by atoms with Gasteiger partial charge in [-0.3, -0.25) is 0 Å². The summed E-state index contributed by atoms with van der Waals surface area (Å²) in [4.78, 5) is 7.48. The van der Waals surface area contributed by atoms with E-state index in [4.69, 9.17) is 11.6 Å². The molecule has 3 heterocycles. The van der Waals surface area contributed by atoms with Gasteiger partial charge in [0.2, 0.25) is 0 Å². The molecule has 0 fully saturated rings. The summed E-state index contributed by atoms with van der Waals surface area (Å²) in [5, 5.41) is 16.8. The molecule has 0 saturated carbocycles. The average molecular weight is 474 g/mol. The van der Waals surface area contributed by atoms with Crippen molar-refractivity contribution in [1.82, 2.24) is 38.9 Å². The average Bonchev–Trinajstić information content (AvgIpc) is 3.59. The Balaban J connectivity index is 1.43. The number of tetrazole rings is 1. The third-order valence-corrected chi connectivity index (χ3v) is 6.36. The third kappa shape index (κ3) is 3.79. The van der Waals surface area contributed by atoms with Gasteiger partial charge in [0, 0.05) is 10.7 Å². The molecule has 11 heteroatoms. The fourth-order valence-electron chi connectivity index (χ4n) is 3.78. The van der Waals surface area contributed by atoms with Crippen LogP contribution in [0.2, 0.25) is 5.02 Å². The molecule has 33 heavy (non-hydrogen) atoms. The first-order valence-corrected chi connectivity index (χ1v) is 11.3. The summed E-state index contributed by atoms with van der Waals surface area (Å²) in [6.07, 6.45) is 1.68. The number of anilines is 1. The number of rotatable bonds is 6. The summed E-state index contributed by atoms with van der Waals surface area (Å²) in [5.74, 6) is 0.652. The van der Waals surface area contributed by atoms with Crippen LogP contribution in [-0.4, -0.2) is 38.9 Å². The van der Waals surface area contributed by atoms with E-state index in [0.717, 1.165) is 38.9 Å². The number of nitrogens with zero attached hydrogens (tertiary/aromatic N) is 7. The molecule has 0 aliphatic carbocycles. The van der Waals surface area contributed by atoms with Gasteiger partial charge in [0.05, 0.1) is 35.6 Å². The summed E-state index contributed by atoms with van der Waals surface area (Å²) in [5.41, 5.74) is 6.32. The Labute approximate surface area is 196 Å². The van der Waals surface area contributed by atoms with Crippen molar-refractivity contribution in [1.29, 1.82) is 0 Å². The van der Waals surface area contributed by atoms with E-state index in [-0.39, 0.29) is 6.04 Å². The lowest BCUT2D eigenvalue weighted by Crippen LogP contribution is -2.19. The second-order valence-electron chi connectivity index (χ2n) is 7.51. The van der Waals surface area contributed by atoms with Crippen molar-refractivity contribution in [2.45, 2.75) is 12.6 Å². The fourth-order valence-corrected chi connectivity index (χ4v) is 4.50. The summed E-state index contributed by atoms with van der Waals surface area (Å²) >= 11 is 7.59. The molecule has 0 aliphatic rings. The van der Waals surface area contributed by atoms with Crippen molar-refractivity contribution >= 4 is 51.1 Å². The summed E-state index contributed by atoms with van der Waals surface area (Å²) in [7, 11) is 0. The molecule has 3 aromatic carbocycles. The first kappa shape index (κ1) is 19.8. The van der Waals surface area contributed by atoms with Gasteiger partial charge in [0.1, 0.15) is 17.1 Å². The highest BCUT2D eigenvalue weighted by Crippen LogP contribution is 2.29. The van der Waals surface area contributed by atoms with Crippen LogP contribution in [0.25, 0.3) is 22.1 Å². The molecule has 6 aromatic rings. The van der Waals surface area contributed by atoms with Crippen LogP contribution in [0.1, 0.15) is 23.0 Å². The molecule has 6 rings (SSSR count). The van der Waals surface area contributed by atoms with Crippen molar-refractivity contribution in [2.24, 2.45) is 0 Å². The van der Waals surface area contributed by atoms with Gasteiger partial charge in [0.15, 0.2) is 5.82 Å². The first-order chi connectivity index (χ1) is 16.2. The number of H-pyrrole nitrogens is 1. The maximum atomic E-state index is 6.40. The van der Waals surface area contributed by atoms with Gasteiger partial charge in [-0.25, -0.2) is 9.67 Å². The van der Waals surface area contributed by atoms with Gasteiger partial charge in [-0.2, -0.15) is 8.75 Å². The van der Waals surface area contributed by atoms with Crippen LogP contribution in [0.5, 0.6) is 0 Å². The van der Waals surface area contributed by atoms with E-state index in [2.05, 4.69) is 39.6 Å². The predicted molar refractivity (Wildman–Crippen MR) is 127 cm³/mol. The molecule has 1 atom stereocenters. The number of nitrogens with one attached hydrogen (secondary N) is 2. The number of hydrogen-bond donors (Lipinski definition) is 2. The number of benzene rings is 3. The van der Waals surface area contributed by atoms with Gasteiger partial charge in [0.25, 0.3) is 0 Å². The van der Waals surface area contributed by atoms with Gasteiger partial charge in [-0.1, -0.05) is 35.9 Å². The first-order valence-electron chi connectivity index (χ1n) is 10.2. The van der Waals surface area contributed by atoms with Crippen LogP contribution < -0.4 is 5.32 Å². The minimum absolute atomic E-state index is 0.343. The SMILES string of the molecule is Clc1ccccc1Cn1nnnc1C(Nc1ccc2[nH]cnc2c1)c1ccc2nsnc2c1. The smallest absolute Gasteiger partial charge is 0.178 e. The quantitative estimate of drug-likeness (QED) is 0.367. The summed E-state index contributed by atoms with van der Waals surface area (Å²) in [6.45, 7) is 0.444. The maximum Gasteiger partial charge on any atom is 0.178 e. The minimum Gasteiger partial charge on any atom is -0.371 e. The highest BCUT2D eigenvalue weighted by molar-refractivity contribution is 7.00. The number of halogens is 1. The largest absolute Gasteiger partial charge is 0.371 e. The van der Waals surface area contributed by atoms with Crippen LogP contribution in [0.15, 0.2) is 67.0 Å². The molecule has 162 valence electrons. The molecule has 2 N–H and O–H groups in total. The predicted octanol–water partition coefficient (Wildman–Crippen LogP) is 4.46. The lowest BCUT2D eigenvalue weighted by molar-refractivity contribution is 0.608. The van der Waals surface area contributed by atoms with Crippen LogP contribution in [0, 0.1) is 0 Å². The summed E-state index contributed by atoms with van der Waals surface area (Å²) in [6, 6.07) is 19.3. The number of imidazole rings is 1. The number of fused-ring (bicyclic) bond motifs is 2. The Hall–Kier alpha value is -3.89. The molecular weight excluding hydrogens is 458 g/mol. The highest BCUT2D eigenvalue weighted by Gasteiger charge is 2.23. The normalized spacial score (nSPS) is 12.4. The van der Waals surface area contributed by atoms with Gasteiger partial charge in [-0.05, 0) is 58.0 Å². The molecule has 0 aliphatic heterocycles. The van der Waals surface area contributed by atoms with E-state index in [9.17, 15) is 0 Å². The van der Waals surface area contributed by atoms with Crippen molar-refractivity contribution in [2.75, 3.05) is 5.32 Å². The topological polar surface area (TPSA) is 110 Å². The highest BCUT2D eigenvalue weighted by atomic mass is 35.5. The van der Waals surface area contributed by atoms with Crippen LogP contribution >= 0.6 is 23.3 Å². The molecule has 9 nitrogen and oxygen atoms in total. The zero-order valence-corrected chi connectivity index (χ0v) is 18.6. The van der Waals surface area contributed by atoms with Gasteiger partial charge >= 0.3 is 0 Å². The second kappa shape index (κ2) is 8.23. The maximum absolute atomic E-state index is 6.40. The van der Waals surface area contributed by atoms with Crippen molar-refractivity contribution in [3.63, 3.8) is 0 Å². The van der Waals surface area contributed by atoms with Crippen molar-refractivity contribution in [3.8, 4) is 0 Å². The molecule has 0 spiro atoms. The zero-order chi connectivity index (χ0) is 22.2. The van der Waals surface area contributed by atoms with Gasteiger partial charge in [-0.15, -0.1) is 5.10 Å². The monoisotopic (exact) mass is 473 g/mol. The standard InChI is InChI=1S/C22H16ClN9S/c23-16-4-2-1-3-14(16)11-32-22(27-30-31-32)21(13-5-7-18-20(9-13)29-33-28-18)26-15-6-8-17-19(10-15)25-12-24-17/h1-10,12,21,26H,11H2,(H,24,25). The number of aromatic nitrogens is 8. The number of hydrogen-bond acceptors (Lipinski definition) is 8. The van der Waals surface area contributed by atoms with Crippen LogP contribution in [0.3, 0.4) is 0 Å². The molecule has 0 radical (unpaired) electrons. The zero-order valence-electron chi connectivity index (χ0n) is 17.1. The van der Waals surface area contributed by atoms with Crippen molar-refractivity contribution < 1.29 is 0 Å². The summed E-state index contributed by atoms with van der Waals surface area (Å²) < 4.78 is 10.5. The Bertz CT molecular complexity index is 1570. The molecular formula is C22H16ClN9S. The molecule has 1 unspecified atom stereocenters. The Morgan fingerprint density at radius 3 is 2.85 bits per heavy atom. The fraction of sp³-hybridized carbons (Fsp3) is 0.0909. The second-order valence-corrected chi connectivity index (χ2v) is 8.45. The van der Waals surface area contributed by atoms with E-state index in [1.807, 2.05) is 60.7 Å². The van der Waals surface area contributed by atoms with E-state index < -0.39 is 0 Å². The van der Waals surface area contributed by atoms with E-state index in [1.165, 1.54) is 11.7 Å². The lowest BCUT2D eigenvalue weighted by atomic mass is 10.0. The van der Waals surface area contributed by atoms with E-state index >= 15 is 0 Å². The Morgan fingerprint density at radius 2 is 1.91 bits per heavy atom. The van der Waals surface area contributed by atoms with Crippen molar-refractivity contribution in [3.05, 3.63) is 89.0 Å². The number of aromatic amines is 1. The Morgan fingerprint density at radius 1 is 1.00 bits per heavy atom. The molecule has 3 aromatic heterocycles. The molecule has 0 amide bonds.